The first-order chi connectivity index (χ1) is 5.34. The minimum Gasteiger partial charge on any atom is -0.396 e. The van der Waals surface area contributed by atoms with Crippen molar-refractivity contribution in [2.45, 2.75) is 0 Å². The second-order valence-corrected chi connectivity index (χ2v) is 2.09. The molecule has 0 radical (unpaired) electrons. The van der Waals surface area contributed by atoms with Gasteiger partial charge in [-0.1, -0.05) is 0 Å². The number of nitrogens with one attached hydrogen (secondary N) is 1. The molecule has 0 aliphatic heterocycles. The van der Waals surface area contributed by atoms with Crippen molar-refractivity contribution in [1.29, 1.82) is 0 Å². The van der Waals surface area contributed by atoms with E-state index in [0.29, 0.717) is 18.1 Å². The van der Waals surface area contributed by atoms with Crippen LogP contribution in [0.3, 0.4) is 0 Å². The topological polar surface area (TPSA) is 71.2 Å². The van der Waals surface area contributed by atoms with Crippen LogP contribution in [0.4, 0.5) is 11.5 Å². The van der Waals surface area contributed by atoms with Gasteiger partial charge in [0.2, 0.25) is 0 Å². The standard InChI is InChI=1S/C7H11N3O/c8-6-2-1-3-9-7(6)10-4-5-11/h1-3,11H,4-5,8H2,(H,9,10). The second-order valence-electron chi connectivity index (χ2n) is 2.09. The molecule has 0 saturated carbocycles. The lowest BCUT2D eigenvalue weighted by atomic mass is 10.4. The highest BCUT2D eigenvalue weighted by atomic mass is 16.3. The van der Waals surface area contributed by atoms with Crippen molar-refractivity contribution in [3.63, 3.8) is 0 Å². The Morgan fingerprint density at radius 1 is 1.64 bits per heavy atom. The lowest BCUT2D eigenvalue weighted by Crippen LogP contribution is -2.08. The molecule has 0 aliphatic carbocycles. The van der Waals surface area contributed by atoms with Crippen LogP contribution in [-0.4, -0.2) is 23.2 Å². The van der Waals surface area contributed by atoms with E-state index in [-0.39, 0.29) is 6.61 Å². The number of hydrogen-bond acceptors (Lipinski definition) is 4. The fourth-order valence-electron chi connectivity index (χ4n) is 0.740. The molecule has 0 spiro atoms. The van der Waals surface area contributed by atoms with Crippen LogP contribution in [-0.2, 0) is 0 Å². The Morgan fingerprint density at radius 3 is 3.09 bits per heavy atom. The summed E-state index contributed by atoms with van der Waals surface area (Å²) in [5.41, 5.74) is 6.15. The van der Waals surface area contributed by atoms with Crippen molar-refractivity contribution in [2.75, 3.05) is 24.2 Å². The third kappa shape index (κ3) is 2.09. The second kappa shape index (κ2) is 3.78. The van der Waals surface area contributed by atoms with E-state index in [4.69, 9.17) is 10.8 Å². The summed E-state index contributed by atoms with van der Waals surface area (Å²) in [5.74, 6) is 0.626. The third-order valence-corrected chi connectivity index (χ3v) is 1.24. The molecule has 0 fully saturated rings. The Hall–Kier alpha value is -1.29. The Kier molecular flexibility index (Phi) is 2.68. The molecule has 1 aromatic heterocycles. The van der Waals surface area contributed by atoms with E-state index in [0.717, 1.165) is 0 Å². The first kappa shape index (κ1) is 7.81. The summed E-state index contributed by atoms with van der Waals surface area (Å²) >= 11 is 0. The monoisotopic (exact) mass is 153 g/mol. The molecule has 0 atom stereocenters. The summed E-state index contributed by atoms with van der Waals surface area (Å²) in [6.45, 7) is 0.553. The molecule has 0 aromatic carbocycles. The average molecular weight is 153 g/mol. The van der Waals surface area contributed by atoms with E-state index in [1.165, 1.54) is 0 Å². The van der Waals surface area contributed by atoms with E-state index in [1.807, 2.05) is 0 Å². The molecule has 11 heavy (non-hydrogen) atoms. The van der Waals surface area contributed by atoms with Gasteiger partial charge in [0, 0.05) is 12.7 Å². The SMILES string of the molecule is Nc1cccnc1NCCO. The van der Waals surface area contributed by atoms with E-state index in [9.17, 15) is 0 Å². The van der Waals surface area contributed by atoms with Crippen LogP contribution in [0.2, 0.25) is 0 Å². The number of aromatic nitrogens is 1. The molecule has 1 heterocycles. The van der Waals surface area contributed by atoms with Gasteiger partial charge in [-0.25, -0.2) is 4.98 Å². The number of rotatable bonds is 3. The Morgan fingerprint density at radius 2 is 2.45 bits per heavy atom. The van der Waals surface area contributed by atoms with Crippen LogP contribution in [0.1, 0.15) is 0 Å². The number of nitrogens with zero attached hydrogens (tertiary/aromatic N) is 1. The third-order valence-electron chi connectivity index (χ3n) is 1.24. The number of aliphatic hydroxyl groups excluding tert-OH is 1. The Balaban J connectivity index is 2.62. The van der Waals surface area contributed by atoms with Crippen molar-refractivity contribution in [3.8, 4) is 0 Å². The van der Waals surface area contributed by atoms with Crippen LogP contribution in [0.5, 0.6) is 0 Å². The number of aliphatic hydroxyl groups is 1. The van der Waals surface area contributed by atoms with Crippen molar-refractivity contribution >= 4 is 11.5 Å². The van der Waals surface area contributed by atoms with Gasteiger partial charge in [0.05, 0.1) is 12.3 Å². The fraction of sp³-hybridized carbons (Fsp3) is 0.286. The summed E-state index contributed by atoms with van der Waals surface area (Å²) < 4.78 is 0. The van der Waals surface area contributed by atoms with Crippen LogP contribution in [0.15, 0.2) is 18.3 Å². The van der Waals surface area contributed by atoms with Gasteiger partial charge in [0.25, 0.3) is 0 Å². The van der Waals surface area contributed by atoms with Gasteiger partial charge < -0.3 is 16.2 Å². The number of anilines is 2. The van der Waals surface area contributed by atoms with E-state index in [2.05, 4.69) is 10.3 Å². The smallest absolute Gasteiger partial charge is 0.149 e. The molecule has 1 aromatic rings. The molecule has 4 nitrogen and oxygen atoms in total. The molecule has 0 unspecified atom stereocenters. The van der Waals surface area contributed by atoms with Crippen molar-refractivity contribution in [1.82, 2.24) is 4.98 Å². The summed E-state index contributed by atoms with van der Waals surface area (Å²) in [6.07, 6.45) is 1.65. The Labute approximate surface area is 65.1 Å². The molecule has 0 saturated heterocycles. The minimum absolute atomic E-state index is 0.0794. The van der Waals surface area contributed by atoms with Crippen LogP contribution in [0.25, 0.3) is 0 Å². The van der Waals surface area contributed by atoms with Crippen LogP contribution >= 0.6 is 0 Å². The van der Waals surface area contributed by atoms with Gasteiger partial charge in [-0.2, -0.15) is 0 Å². The highest BCUT2D eigenvalue weighted by Crippen LogP contribution is 2.11. The maximum absolute atomic E-state index is 8.49. The molecule has 60 valence electrons. The highest BCUT2D eigenvalue weighted by molar-refractivity contribution is 5.60. The van der Waals surface area contributed by atoms with E-state index >= 15 is 0 Å². The molecule has 0 aliphatic rings. The quantitative estimate of drug-likeness (QED) is 0.574. The molecule has 4 N–H and O–H groups in total. The van der Waals surface area contributed by atoms with E-state index < -0.39 is 0 Å². The largest absolute Gasteiger partial charge is 0.396 e. The molecule has 0 amide bonds. The van der Waals surface area contributed by atoms with Crippen LogP contribution in [0, 0.1) is 0 Å². The maximum Gasteiger partial charge on any atom is 0.149 e. The van der Waals surface area contributed by atoms with Crippen molar-refractivity contribution < 1.29 is 5.11 Å². The lowest BCUT2D eigenvalue weighted by molar-refractivity contribution is 0.311. The Bertz CT molecular complexity index is 227. The highest BCUT2D eigenvalue weighted by Gasteiger charge is 1.95. The van der Waals surface area contributed by atoms with Crippen LogP contribution < -0.4 is 11.1 Å². The van der Waals surface area contributed by atoms with Gasteiger partial charge in [0.1, 0.15) is 5.82 Å². The fourth-order valence-corrected chi connectivity index (χ4v) is 0.740. The van der Waals surface area contributed by atoms with E-state index in [1.54, 1.807) is 18.3 Å². The molecule has 0 bridgehead atoms. The number of pyridine rings is 1. The minimum atomic E-state index is 0.0794. The summed E-state index contributed by atoms with van der Waals surface area (Å²) in [4.78, 5) is 3.97. The van der Waals surface area contributed by atoms with Crippen molar-refractivity contribution in [3.05, 3.63) is 18.3 Å². The van der Waals surface area contributed by atoms with Gasteiger partial charge in [-0.05, 0) is 12.1 Å². The van der Waals surface area contributed by atoms with Gasteiger partial charge >= 0.3 is 0 Å². The first-order valence-electron chi connectivity index (χ1n) is 3.40. The number of nitrogens with two attached hydrogens (primary N) is 1. The summed E-state index contributed by atoms with van der Waals surface area (Å²) in [5, 5.41) is 11.4. The van der Waals surface area contributed by atoms with Gasteiger partial charge in [0.15, 0.2) is 0 Å². The maximum atomic E-state index is 8.49. The average Bonchev–Trinajstić information content (AvgIpc) is 2.03. The normalized spacial score (nSPS) is 9.55. The lowest BCUT2D eigenvalue weighted by Gasteiger charge is -2.04. The number of hydrogen-bond donors (Lipinski definition) is 3. The first-order valence-corrected chi connectivity index (χ1v) is 3.40. The summed E-state index contributed by atoms with van der Waals surface area (Å²) in [6, 6.07) is 3.52. The van der Waals surface area contributed by atoms with Gasteiger partial charge in [-0.3, -0.25) is 0 Å². The zero-order chi connectivity index (χ0) is 8.10. The summed E-state index contributed by atoms with van der Waals surface area (Å²) in [7, 11) is 0. The predicted molar refractivity (Wildman–Crippen MR) is 44.2 cm³/mol. The molecule has 4 heteroatoms. The number of nitrogen functional groups attached to an aromatic ring is 1. The zero-order valence-corrected chi connectivity index (χ0v) is 6.12. The zero-order valence-electron chi connectivity index (χ0n) is 6.12. The molecular weight excluding hydrogens is 142 g/mol. The molecular formula is C7H11N3O. The van der Waals surface area contributed by atoms with Gasteiger partial charge in [-0.15, -0.1) is 0 Å². The predicted octanol–water partition coefficient (Wildman–Crippen LogP) is 0.0680. The van der Waals surface area contributed by atoms with Crippen molar-refractivity contribution in [2.24, 2.45) is 0 Å². The molecule has 1 rings (SSSR count).